The second-order valence-corrected chi connectivity index (χ2v) is 6.71. The zero-order chi connectivity index (χ0) is 15.1. The molecule has 1 heterocycles. The van der Waals surface area contributed by atoms with E-state index in [1.165, 1.54) is 13.8 Å². The summed E-state index contributed by atoms with van der Waals surface area (Å²) in [6, 6.07) is 0. The molecule has 112 valence electrons. The number of rotatable bonds is 6. The van der Waals surface area contributed by atoms with Gasteiger partial charge >= 0.3 is 5.97 Å². The smallest absolute Gasteiger partial charge is 0.325 e. The molecule has 0 spiro atoms. The molecule has 20 heavy (non-hydrogen) atoms. The van der Waals surface area contributed by atoms with Crippen LogP contribution in [0, 0.1) is 13.8 Å². The number of sulfonamides is 1. The Bertz CT molecular complexity index is 645. The summed E-state index contributed by atoms with van der Waals surface area (Å²) in [6.07, 6.45) is 1.17. The van der Waals surface area contributed by atoms with Gasteiger partial charge in [0.1, 0.15) is 11.4 Å². The molecule has 1 fully saturated rings. The number of aliphatic hydroxyl groups is 1. The molecule has 0 aromatic carbocycles. The van der Waals surface area contributed by atoms with Gasteiger partial charge in [0.2, 0.25) is 10.0 Å². The van der Waals surface area contributed by atoms with Crippen molar-refractivity contribution < 1.29 is 23.4 Å². The average Bonchev–Trinajstić information content (AvgIpc) is 3.00. The van der Waals surface area contributed by atoms with Gasteiger partial charge in [-0.15, -0.1) is 0 Å². The molecule has 3 N–H and O–H groups in total. The number of carbonyl (C=O) groups is 1. The minimum atomic E-state index is -3.83. The Hall–Kier alpha value is -1.45. The normalized spacial score (nSPS) is 17.1. The van der Waals surface area contributed by atoms with E-state index in [2.05, 4.69) is 9.82 Å². The van der Waals surface area contributed by atoms with Gasteiger partial charge in [0.05, 0.1) is 23.5 Å². The lowest BCUT2D eigenvalue weighted by Gasteiger charge is -2.14. The van der Waals surface area contributed by atoms with Crippen molar-refractivity contribution in [3.63, 3.8) is 0 Å². The van der Waals surface area contributed by atoms with Crippen LogP contribution in [0.2, 0.25) is 0 Å². The molecule has 1 aliphatic rings. The molecule has 2 rings (SSSR count). The van der Waals surface area contributed by atoms with Crippen molar-refractivity contribution in [3.05, 3.63) is 11.4 Å². The Kier molecular flexibility index (Phi) is 3.61. The number of carboxylic acids is 1. The molecule has 0 saturated heterocycles. The van der Waals surface area contributed by atoms with Crippen LogP contribution in [-0.4, -0.2) is 46.5 Å². The molecule has 0 amide bonds. The van der Waals surface area contributed by atoms with E-state index in [4.69, 9.17) is 5.11 Å². The van der Waals surface area contributed by atoms with Crippen LogP contribution < -0.4 is 4.72 Å². The van der Waals surface area contributed by atoms with E-state index < -0.39 is 28.1 Å². The number of aromatic nitrogens is 2. The number of aliphatic carboxylic acids is 1. The SMILES string of the molecule is Cc1nn(CC(=O)O)c(C)c1S(=O)(=O)NC1(CO)CC1. The van der Waals surface area contributed by atoms with Crippen molar-refractivity contribution in [1.82, 2.24) is 14.5 Å². The fourth-order valence-corrected chi connectivity index (χ4v) is 4.00. The summed E-state index contributed by atoms with van der Waals surface area (Å²) in [5.41, 5.74) is -0.261. The van der Waals surface area contributed by atoms with Gasteiger partial charge in [0.15, 0.2) is 0 Å². The number of nitrogens with one attached hydrogen (secondary N) is 1. The third-order valence-electron chi connectivity index (χ3n) is 3.38. The van der Waals surface area contributed by atoms with E-state index in [1.807, 2.05) is 0 Å². The van der Waals surface area contributed by atoms with Crippen LogP contribution in [0.5, 0.6) is 0 Å². The molecule has 1 aromatic heterocycles. The molecule has 8 nitrogen and oxygen atoms in total. The quantitative estimate of drug-likeness (QED) is 0.644. The van der Waals surface area contributed by atoms with Crippen molar-refractivity contribution in [1.29, 1.82) is 0 Å². The minimum Gasteiger partial charge on any atom is -0.480 e. The third kappa shape index (κ3) is 2.69. The monoisotopic (exact) mass is 303 g/mol. The Morgan fingerprint density at radius 1 is 1.45 bits per heavy atom. The predicted octanol–water partition coefficient (Wildman–Crippen LogP) is -0.612. The van der Waals surface area contributed by atoms with Gasteiger partial charge in [0.25, 0.3) is 0 Å². The zero-order valence-electron chi connectivity index (χ0n) is 11.3. The van der Waals surface area contributed by atoms with Gasteiger partial charge in [-0.1, -0.05) is 0 Å². The fraction of sp³-hybridized carbons (Fsp3) is 0.636. The number of aryl methyl sites for hydroxylation is 1. The Morgan fingerprint density at radius 3 is 2.50 bits per heavy atom. The minimum absolute atomic E-state index is 0.0153. The van der Waals surface area contributed by atoms with Gasteiger partial charge in [0, 0.05) is 0 Å². The van der Waals surface area contributed by atoms with E-state index in [1.54, 1.807) is 0 Å². The van der Waals surface area contributed by atoms with E-state index in [0.717, 1.165) is 4.68 Å². The van der Waals surface area contributed by atoms with Gasteiger partial charge in [-0.3, -0.25) is 9.48 Å². The number of hydrogen-bond acceptors (Lipinski definition) is 5. The Morgan fingerprint density at radius 2 is 2.05 bits per heavy atom. The largest absolute Gasteiger partial charge is 0.480 e. The molecule has 0 bridgehead atoms. The average molecular weight is 303 g/mol. The lowest BCUT2D eigenvalue weighted by Crippen LogP contribution is -2.39. The summed E-state index contributed by atoms with van der Waals surface area (Å²) in [7, 11) is -3.83. The maximum absolute atomic E-state index is 12.4. The number of carboxylic acid groups (broad SMARTS) is 1. The topological polar surface area (TPSA) is 122 Å². The highest BCUT2D eigenvalue weighted by Crippen LogP contribution is 2.36. The van der Waals surface area contributed by atoms with Crippen LogP contribution in [0.25, 0.3) is 0 Å². The van der Waals surface area contributed by atoms with Crippen molar-refractivity contribution in [2.45, 2.75) is 43.7 Å². The second-order valence-electron chi connectivity index (χ2n) is 5.10. The van der Waals surface area contributed by atoms with Crippen molar-refractivity contribution >= 4 is 16.0 Å². The van der Waals surface area contributed by atoms with E-state index >= 15 is 0 Å². The summed E-state index contributed by atoms with van der Waals surface area (Å²) in [4.78, 5) is 10.7. The molecule has 0 aliphatic heterocycles. The molecular weight excluding hydrogens is 286 g/mol. The van der Waals surface area contributed by atoms with Gasteiger partial charge in [-0.25, -0.2) is 13.1 Å². The predicted molar refractivity (Wildman–Crippen MR) is 68.7 cm³/mol. The van der Waals surface area contributed by atoms with Crippen molar-refractivity contribution in [2.75, 3.05) is 6.61 Å². The van der Waals surface area contributed by atoms with E-state index in [9.17, 15) is 18.3 Å². The summed E-state index contributed by atoms with van der Waals surface area (Å²) in [5.74, 6) is -1.10. The van der Waals surface area contributed by atoms with Crippen LogP contribution in [0.15, 0.2) is 4.90 Å². The number of aliphatic hydroxyl groups excluding tert-OH is 1. The summed E-state index contributed by atoms with van der Waals surface area (Å²) >= 11 is 0. The highest BCUT2D eigenvalue weighted by molar-refractivity contribution is 7.89. The molecule has 1 saturated carbocycles. The number of nitrogens with zero attached hydrogens (tertiary/aromatic N) is 2. The van der Waals surface area contributed by atoms with Crippen LogP contribution in [-0.2, 0) is 21.4 Å². The molecular formula is C11H17N3O5S. The van der Waals surface area contributed by atoms with Gasteiger partial charge < -0.3 is 10.2 Å². The highest BCUT2D eigenvalue weighted by atomic mass is 32.2. The molecule has 0 radical (unpaired) electrons. The first kappa shape index (κ1) is 14.9. The van der Waals surface area contributed by atoms with Gasteiger partial charge in [-0.2, -0.15) is 5.10 Å². The summed E-state index contributed by atoms with van der Waals surface area (Å²) in [5, 5.41) is 21.9. The molecule has 0 atom stereocenters. The summed E-state index contributed by atoms with van der Waals surface area (Å²) in [6.45, 7) is 2.37. The van der Waals surface area contributed by atoms with Gasteiger partial charge in [-0.05, 0) is 26.7 Å². The first-order valence-electron chi connectivity index (χ1n) is 6.11. The maximum Gasteiger partial charge on any atom is 0.325 e. The molecule has 9 heteroatoms. The third-order valence-corrected chi connectivity index (χ3v) is 5.21. The maximum atomic E-state index is 12.4. The van der Waals surface area contributed by atoms with E-state index in [0.29, 0.717) is 12.8 Å². The fourth-order valence-electron chi connectivity index (χ4n) is 2.13. The summed E-state index contributed by atoms with van der Waals surface area (Å²) < 4.78 is 28.4. The first-order valence-corrected chi connectivity index (χ1v) is 7.60. The van der Waals surface area contributed by atoms with Crippen LogP contribution in [0.1, 0.15) is 24.2 Å². The molecule has 1 aliphatic carbocycles. The van der Waals surface area contributed by atoms with E-state index in [-0.39, 0.29) is 22.9 Å². The lowest BCUT2D eigenvalue weighted by atomic mass is 10.3. The molecule has 0 unspecified atom stereocenters. The van der Waals surface area contributed by atoms with Crippen LogP contribution in [0.4, 0.5) is 0 Å². The first-order chi connectivity index (χ1) is 9.21. The Labute approximate surface area is 116 Å². The van der Waals surface area contributed by atoms with Crippen molar-refractivity contribution in [2.24, 2.45) is 0 Å². The van der Waals surface area contributed by atoms with Crippen LogP contribution in [0.3, 0.4) is 0 Å². The molecule has 1 aromatic rings. The highest BCUT2D eigenvalue weighted by Gasteiger charge is 2.46. The van der Waals surface area contributed by atoms with Crippen LogP contribution >= 0.6 is 0 Å². The zero-order valence-corrected chi connectivity index (χ0v) is 12.1. The Balaban J connectivity index is 2.37. The number of hydrogen-bond donors (Lipinski definition) is 3. The standard InChI is InChI=1S/C11H17N3O5S/c1-7-10(8(2)14(12-7)5-9(16)17)20(18,19)13-11(6-15)3-4-11/h13,15H,3-6H2,1-2H3,(H,16,17). The second kappa shape index (κ2) is 4.83. The van der Waals surface area contributed by atoms with Crippen molar-refractivity contribution in [3.8, 4) is 0 Å². The lowest BCUT2D eigenvalue weighted by molar-refractivity contribution is -0.137.